The van der Waals surface area contributed by atoms with Crippen molar-refractivity contribution in [1.29, 1.82) is 0 Å². The predicted octanol–water partition coefficient (Wildman–Crippen LogP) is 0.792. The second-order valence-corrected chi connectivity index (χ2v) is 5.08. The molecular weight excluding hydrogens is 186 g/mol. The van der Waals surface area contributed by atoms with Gasteiger partial charge in [-0.1, -0.05) is 6.92 Å². The normalized spacial score (nSPS) is 39.6. The first kappa shape index (κ1) is 9.06. The van der Waals surface area contributed by atoms with Gasteiger partial charge in [0, 0.05) is 23.5 Å². The van der Waals surface area contributed by atoms with E-state index in [0.29, 0.717) is 6.42 Å². The van der Waals surface area contributed by atoms with Crippen LogP contribution in [0.4, 0.5) is 0 Å². The van der Waals surface area contributed by atoms with Crippen LogP contribution in [0.1, 0.15) is 19.8 Å². The van der Waals surface area contributed by atoms with Crippen LogP contribution in [0, 0.1) is 11.3 Å². The van der Waals surface area contributed by atoms with Gasteiger partial charge in [-0.15, -0.1) is 0 Å². The highest BCUT2D eigenvalue weighted by molar-refractivity contribution is 7.99. The maximum atomic E-state index is 11.4. The maximum Gasteiger partial charge on any atom is 0.229 e. The first-order valence-electron chi connectivity index (χ1n) is 4.55. The number of hydrogen-bond acceptors (Lipinski definition) is 3. The quantitative estimate of drug-likeness (QED) is 0.587. The van der Waals surface area contributed by atoms with E-state index in [4.69, 9.17) is 0 Å². The molecule has 2 heterocycles. The summed E-state index contributed by atoms with van der Waals surface area (Å²) in [5.74, 6) is 1.88. The molecule has 2 aliphatic heterocycles. The average molecular weight is 199 g/mol. The Bertz CT molecular complexity index is 258. The lowest BCUT2D eigenvalue weighted by atomic mass is 9.71. The molecule has 3 nitrogen and oxygen atoms in total. The summed E-state index contributed by atoms with van der Waals surface area (Å²) < 4.78 is 0. The number of carbonyl (C=O) groups is 2. The summed E-state index contributed by atoms with van der Waals surface area (Å²) in [5.41, 5.74) is -0.0237. The summed E-state index contributed by atoms with van der Waals surface area (Å²) in [6, 6.07) is 0. The molecule has 2 saturated heterocycles. The van der Waals surface area contributed by atoms with E-state index in [2.05, 4.69) is 5.32 Å². The number of amides is 2. The Morgan fingerprint density at radius 2 is 2.31 bits per heavy atom. The van der Waals surface area contributed by atoms with Crippen molar-refractivity contribution >= 4 is 23.6 Å². The fraction of sp³-hybridized carbons (Fsp3) is 0.778. The lowest BCUT2D eigenvalue weighted by Crippen LogP contribution is -2.51. The second-order valence-electron chi connectivity index (χ2n) is 3.98. The highest BCUT2D eigenvalue weighted by atomic mass is 32.2. The van der Waals surface area contributed by atoms with Crippen LogP contribution in [0.15, 0.2) is 0 Å². The van der Waals surface area contributed by atoms with Crippen LogP contribution < -0.4 is 5.32 Å². The number of piperidine rings is 1. The molecule has 2 unspecified atom stereocenters. The van der Waals surface area contributed by atoms with Gasteiger partial charge in [-0.3, -0.25) is 14.9 Å². The van der Waals surface area contributed by atoms with Gasteiger partial charge in [0.25, 0.3) is 0 Å². The van der Waals surface area contributed by atoms with E-state index in [1.807, 2.05) is 18.7 Å². The predicted molar refractivity (Wildman–Crippen MR) is 51.3 cm³/mol. The Morgan fingerprint density at radius 3 is 2.92 bits per heavy atom. The van der Waals surface area contributed by atoms with E-state index in [1.54, 1.807) is 0 Å². The van der Waals surface area contributed by atoms with Crippen LogP contribution in [0.2, 0.25) is 0 Å². The van der Waals surface area contributed by atoms with Crippen LogP contribution in [0.5, 0.6) is 0 Å². The van der Waals surface area contributed by atoms with Gasteiger partial charge in [0.1, 0.15) is 0 Å². The minimum Gasteiger partial charge on any atom is -0.296 e. The van der Waals surface area contributed by atoms with Gasteiger partial charge in [0.05, 0.1) is 0 Å². The summed E-state index contributed by atoms with van der Waals surface area (Å²) in [4.78, 5) is 22.7. The summed E-state index contributed by atoms with van der Waals surface area (Å²) in [6.07, 6.45) is 1.55. The Balaban J connectivity index is 2.25. The average Bonchev–Trinajstić information content (AvgIpc) is 2.50. The van der Waals surface area contributed by atoms with Gasteiger partial charge in [0.2, 0.25) is 11.8 Å². The Hall–Kier alpha value is -0.510. The highest BCUT2D eigenvalue weighted by Crippen LogP contribution is 2.46. The van der Waals surface area contributed by atoms with Crippen LogP contribution in [0.25, 0.3) is 0 Å². The van der Waals surface area contributed by atoms with Crippen LogP contribution in [0.3, 0.4) is 0 Å². The van der Waals surface area contributed by atoms with E-state index < -0.39 is 0 Å². The largest absolute Gasteiger partial charge is 0.296 e. The molecule has 2 rings (SSSR count). The van der Waals surface area contributed by atoms with E-state index in [0.717, 1.165) is 17.9 Å². The van der Waals surface area contributed by atoms with Crippen molar-refractivity contribution in [1.82, 2.24) is 5.32 Å². The van der Waals surface area contributed by atoms with Crippen molar-refractivity contribution in [3.8, 4) is 0 Å². The first-order chi connectivity index (χ1) is 6.14. The van der Waals surface area contributed by atoms with E-state index in [9.17, 15) is 9.59 Å². The third-order valence-corrected chi connectivity index (χ3v) is 4.49. The second kappa shape index (κ2) is 3.01. The third kappa shape index (κ3) is 1.37. The molecule has 0 saturated carbocycles. The number of carbonyl (C=O) groups excluding carboxylic acids is 2. The van der Waals surface area contributed by atoms with Gasteiger partial charge in [-0.05, 0) is 12.2 Å². The lowest BCUT2D eigenvalue weighted by molar-refractivity contribution is -0.141. The molecule has 2 amide bonds. The van der Waals surface area contributed by atoms with Crippen molar-refractivity contribution in [2.45, 2.75) is 19.8 Å². The topological polar surface area (TPSA) is 46.2 Å². The van der Waals surface area contributed by atoms with Crippen LogP contribution in [-0.2, 0) is 9.59 Å². The van der Waals surface area contributed by atoms with E-state index >= 15 is 0 Å². The number of rotatable bonds is 0. The SMILES string of the molecule is CC1C(=O)NC(=O)CC12CCSC2. The molecule has 0 bridgehead atoms. The Labute approximate surface area is 81.6 Å². The van der Waals surface area contributed by atoms with Crippen molar-refractivity contribution in [3.63, 3.8) is 0 Å². The van der Waals surface area contributed by atoms with Crippen molar-refractivity contribution in [3.05, 3.63) is 0 Å². The molecule has 0 radical (unpaired) electrons. The summed E-state index contributed by atoms with van der Waals surface area (Å²) in [7, 11) is 0. The molecule has 0 aliphatic carbocycles. The smallest absolute Gasteiger partial charge is 0.229 e. The van der Waals surface area contributed by atoms with Gasteiger partial charge in [-0.2, -0.15) is 11.8 Å². The van der Waals surface area contributed by atoms with Crippen molar-refractivity contribution < 1.29 is 9.59 Å². The molecule has 0 aromatic heterocycles. The molecule has 2 aliphatic rings. The zero-order valence-electron chi connectivity index (χ0n) is 7.63. The number of thioether (sulfide) groups is 1. The summed E-state index contributed by atoms with van der Waals surface area (Å²) >= 11 is 1.86. The van der Waals surface area contributed by atoms with Gasteiger partial charge in [-0.25, -0.2) is 0 Å². The number of imide groups is 1. The Kier molecular flexibility index (Phi) is 2.10. The zero-order valence-corrected chi connectivity index (χ0v) is 8.45. The maximum absolute atomic E-state index is 11.4. The van der Waals surface area contributed by atoms with Gasteiger partial charge < -0.3 is 0 Å². The fourth-order valence-electron chi connectivity index (χ4n) is 2.14. The molecule has 0 aromatic carbocycles. The highest BCUT2D eigenvalue weighted by Gasteiger charge is 2.47. The van der Waals surface area contributed by atoms with Gasteiger partial charge in [0.15, 0.2) is 0 Å². The molecule has 0 aromatic rings. The van der Waals surface area contributed by atoms with Gasteiger partial charge >= 0.3 is 0 Å². The standard InChI is InChI=1S/C9H13NO2S/c1-6-8(12)10-7(11)4-9(6)2-3-13-5-9/h6H,2-5H2,1H3,(H,10,11,12). The molecule has 72 valence electrons. The number of nitrogens with one attached hydrogen (secondary N) is 1. The molecule has 1 spiro atoms. The fourth-order valence-corrected chi connectivity index (χ4v) is 3.74. The van der Waals surface area contributed by atoms with Crippen LogP contribution in [-0.4, -0.2) is 23.3 Å². The third-order valence-electron chi connectivity index (χ3n) is 3.22. The Morgan fingerprint density at radius 1 is 1.54 bits per heavy atom. The minimum absolute atomic E-state index is 0.000185. The molecular formula is C9H13NO2S. The number of hydrogen-bond donors (Lipinski definition) is 1. The van der Waals surface area contributed by atoms with Crippen molar-refractivity contribution in [2.24, 2.45) is 11.3 Å². The molecule has 13 heavy (non-hydrogen) atoms. The summed E-state index contributed by atoms with van der Waals surface area (Å²) in [6.45, 7) is 1.94. The van der Waals surface area contributed by atoms with E-state index in [-0.39, 0.29) is 23.1 Å². The van der Waals surface area contributed by atoms with Crippen molar-refractivity contribution in [2.75, 3.05) is 11.5 Å². The lowest BCUT2D eigenvalue weighted by Gasteiger charge is -2.36. The monoisotopic (exact) mass is 199 g/mol. The molecule has 2 fully saturated rings. The minimum atomic E-state index is -0.0920. The zero-order chi connectivity index (χ0) is 9.47. The molecule has 1 N–H and O–H groups in total. The summed E-state index contributed by atoms with van der Waals surface area (Å²) in [5, 5.41) is 2.39. The molecule has 4 heteroatoms. The van der Waals surface area contributed by atoms with E-state index in [1.165, 1.54) is 0 Å². The molecule has 2 atom stereocenters. The van der Waals surface area contributed by atoms with Crippen LogP contribution >= 0.6 is 11.8 Å². The first-order valence-corrected chi connectivity index (χ1v) is 5.71.